The van der Waals surface area contributed by atoms with Gasteiger partial charge in [-0.3, -0.25) is 18.8 Å². The molecular formula is C21H16Cl2F3N3O5. The molecule has 3 aromatic rings. The number of carboxylic acids is 1. The molecular weight excluding hydrogens is 502 g/mol. The number of halogens is 5. The lowest BCUT2D eigenvalue weighted by atomic mass is 10.2. The molecule has 2 N–H and O–H groups in total. The number of nitrogens with one attached hydrogen (secondary N) is 1. The summed E-state index contributed by atoms with van der Waals surface area (Å²) >= 11 is 12.1. The van der Waals surface area contributed by atoms with Crippen molar-refractivity contribution in [1.82, 2.24) is 9.38 Å². The maximum atomic E-state index is 13.7. The van der Waals surface area contributed by atoms with Crippen LogP contribution in [0.3, 0.4) is 0 Å². The lowest BCUT2D eigenvalue weighted by molar-refractivity contribution is -0.149. The van der Waals surface area contributed by atoms with Crippen molar-refractivity contribution in [2.24, 2.45) is 0 Å². The normalized spacial score (nSPS) is 11.4. The summed E-state index contributed by atoms with van der Waals surface area (Å²) < 4.78 is 46.9. The number of rotatable bonds is 8. The molecule has 0 spiro atoms. The number of imidazole rings is 1. The molecule has 34 heavy (non-hydrogen) atoms. The third-order valence-corrected chi connectivity index (χ3v) is 5.23. The van der Waals surface area contributed by atoms with Crippen LogP contribution in [0.1, 0.15) is 41.0 Å². The molecule has 1 amide bonds. The summed E-state index contributed by atoms with van der Waals surface area (Å²) in [6, 6.07) is 7.11. The van der Waals surface area contributed by atoms with Crippen molar-refractivity contribution in [2.45, 2.75) is 32.0 Å². The fourth-order valence-electron chi connectivity index (χ4n) is 3.08. The van der Waals surface area contributed by atoms with E-state index in [1.54, 1.807) is 0 Å². The van der Waals surface area contributed by atoms with Crippen LogP contribution in [-0.2, 0) is 27.1 Å². The molecule has 0 atom stereocenters. The van der Waals surface area contributed by atoms with Crippen molar-refractivity contribution >= 4 is 52.4 Å². The lowest BCUT2D eigenvalue weighted by Gasteiger charge is -2.10. The zero-order valence-electron chi connectivity index (χ0n) is 17.2. The number of ether oxygens (including phenoxy) is 1. The summed E-state index contributed by atoms with van der Waals surface area (Å²) in [5, 5.41) is 11.2. The Labute approximate surface area is 200 Å². The Balaban J connectivity index is 1.91. The number of aromatic nitrogens is 2. The van der Waals surface area contributed by atoms with Gasteiger partial charge < -0.3 is 15.2 Å². The highest BCUT2D eigenvalue weighted by Crippen LogP contribution is 2.34. The molecule has 0 saturated carbocycles. The van der Waals surface area contributed by atoms with Crippen molar-refractivity contribution in [2.75, 3.05) is 5.32 Å². The average molecular weight is 518 g/mol. The van der Waals surface area contributed by atoms with Crippen molar-refractivity contribution in [3.8, 4) is 0 Å². The van der Waals surface area contributed by atoms with Crippen molar-refractivity contribution in [3.63, 3.8) is 0 Å². The van der Waals surface area contributed by atoms with Crippen LogP contribution in [0.25, 0.3) is 5.65 Å². The van der Waals surface area contributed by atoms with Crippen LogP contribution in [0.4, 0.5) is 18.9 Å². The zero-order chi connectivity index (χ0) is 25.0. The van der Waals surface area contributed by atoms with Gasteiger partial charge in [-0.15, -0.1) is 0 Å². The monoisotopic (exact) mass is 517 g/mol. The number of alkyl halides is 3. The molecule has 2 heterocycles. The number of benzene rings is 1. The first-order valence-electron chi connectivity index (χ1n) is 9.69. The highest BCUT2D eigenvalue weighted by atomic mass is 35.5. The summed E-state index contributed by atoms with van der Waals surface area (Å²) in [6.07, 6.45) is -4.19. The number of pyridine rings is 1. The highest BCUT2D eigenvalue weighted by molar-refractivity contribution is 6.40. The smallest absolute Gasteiger partial charge is 0.435 e. The van der Waals surface area contributed by atoms with E-state index in [1.165, 1.54) is 36.5 Å². The van der Waals surface area contributed by atoms with Gasteiger partial charge in [0.25, 0.3) is 5.91 Å². The van der Waals surface area contributed by atoms with Gasteiger partial charge in [-0.1, -0.05) is 29.3 Å². The van der Waals surface area contributed by atoms with Crippen molar-refractivity contribution in [3.05, 3.63) is 63.5 Å². The molecule has 3 rings (SSSR count). The summed E-state index contributed by atoms with van der Waals surface area (Å²) in [5.74, 6) is -2.73. The van der Waals surface area contributed by atoms with Gasteiger partial charge in [0, 0.05) is 19.0 Å². The minimum Gasteiger partial charge on any atom is -0.481 e. The Kier molecular flexibility index (Phi) is 7.68. The van der Waals surface area contributed by atoms with Crippen LogP contribution in [0.2, 0.25) is 10.0 Å². The Morgan fingerprint density at radius 2 is 1.76 bits per heavy atom. The number of hydrogen-bond donors (Lipinski definition) is 2. The molecule has 0 fully saturated rings. The Morgan fingerprint density at radius 1 is 1.09 bits per heavy atom. The second-order valence-electron chi connectivity index (χ2n) is 6.98. The van der Waals surface area contributed by atoms with E-state index in [0.29, 0.717) is 0 Å². The van der Waals surface area contributed by atoms with Gasteiger partial charge in [-0.05, 0) is 30.7 Å². The van der Waals surface area contributed by atoms with Gasteiger partial charge in [-0.25, -0.2) is 4.98 Å². The molecule has 0 radical (unpaired) electrons. The first-order chi connectivity index (χ1) is 16.0. The average Bonchev–Trinajstić information content (AvgIpc) is 3.12. The fourth-order valence-corrected chi connectivity index (χ4v) is 3.65. The standard InChI is InChI=1S/C21H16Cl2F3N3O5/c22-11-4-1-5-12(23)17(11)20(33)27-13-6-3-9-29-14(18(21(24,25)26)28-19(13)29)10-34-16(32)8-2-7-15(30)31/h1,3-6,9H,2,7-8,10H2,(H,27,33)(H,30,31). The lowest BCUT2D eigenvalue weighted by Crippen LogP contribution is -2.14. The number of carboxylic acid groups (broad SMARTS) is 1. The summed E-state index contributed by atoms with van der Waals surface area (Å²) in [4.78, 5) is 38.7. The van der Waals surface area contributed by atoms with Crippen LogP contribution < -0.4 is 5.32 Å². The predicted octanol–water partition coefficient (Wildman–Crippen LogP) is 5.21. The van der Waals surface area contributed by atoms with Gasteiger partial charge in [0.05, 0.1) is 27.0 Å². The minimum atomic E-state index is -4.88. The molecule has 1 aromatic carbocycles. The number of amides is 1. The molecule has 0 aliphatic rings. The number of esters is 1. The zero-order valence-corrected chi connectivity index (χ0v) is 18.7. The number of nitrogens with zero attached hydrogens (tertiary/aromatic N) is 2. The molecule has 8 nitrogen and oxygen atoms in total. The first kappa shape index (κ1) is 25.3. The Morgan fingerprint density at radius 3 is 2.38 bits per heavy atom. The van der Waals surface area contributed by atoms with E-state index < -0.39 is 42.0 Å². The van der Waals surface area contributed by atoms with E-state index in [0.717, 1.165) is 4.40 Å². The second-order valence-corrected chi connectivity index (χ2v) is 7.79. The minimum absolute atomic E-state index is 0.0196. The third kappa shape index (κ3) is 5.78. The SMILES string of the molecule is O=C(O)CCCC(=O)OCc1c(C(F)(F)F)nc2c(NC(=O)c3c(Cl)cccc3Cl)cccn12. The van der Waals surface area contributed by atoms with E-state index >= 15 is 0 Å². The molecule has 0 aliphatic heterocycles. The van der Waals surface area contributed by atoms with Crippen LogP contribution in [0.5, 0.6) is 0 Å². The molecule has 0 bridgehead atoms. The first-order valence-corrected chi connectivity index (χ1v) is 10.4. The Hall–Kier alpha value is -3.31. The number of anilines is 1. The predicted molar refractivity (Wildman–Crippen MR) is 116 cm³/mol. The van der Waals surface area contributed by atoms with Gasteiger partial charge in [0.2, 0.25) is 0 Å². The van der Waals surface area contributed by atoms with Crippen LogP contribution >= 0.6 is 23.2 Å². The van der Waals surface area contributed by atoms with E-state index in [-0.39, 0.29) is 46.2 Å². The van der Waals surface area contributed by atoms with Gasteiger partial charge >= 0.3 is 18.1 Å². The molecule has 0 unspecified atom stereocenters. The quantitative estimate of drug-likeness (QED) is 0.397. The fraction of sp³-hybridized carbons (Fsp3) is 0.238. The summed E-state index contributed by atoms with van der Waals surface area (Å²) in [7, 11) is 0. The molecule has 180 valence electrons. The second kappa shape index (κ2) is 10.3. The Bertz CT molecular complexity index is 1240. The third-order valence-electron chi connectivity index (χ3n) is 4.60. The van der Waals surface area contributed by atoms with E-state index in [4.69, 9.17) is 33.0 Å². The maximum Gasteiger partial charge on any atom is 0.435 e. The van der Waals surface area contributed by atoms with Gasteiger partial charge in [-0.2, -0.15) is 13.2 Å². The number of carbonyl (C=O) groups is 3. The highest BCUT2D eigenvalue weighted by Gasteiger charge is 2.38. The molecule has 13 heteroatoms. The number of fused-ring (bicyclic) bond motifs is 1. The molecule has 0 aliphatic carbocycles. The molecule has 2 aromatic heterocycles. The largest absolute Gasteiger partial charge is 0.481 e. The molecule has 0 saturated heterocycles. The van der Waals surface area contributed by atoms with Crippen LogP contribution in [0, 0.1) is 0 Å². The van der Waals surface area contributed by atoms with Crippen LogP contribution in [0.15, 0.2) is 36.5 Å². The van der Waals surface area contributed by atoms with Crippen molar-refractivity contribution in [1.29, 1.82) is 0 Å². The topological polar surface area (TPSA) is 110 Å². The van der Waals surface area contributed by atoms with E-state index in [1.807, 2.05) is 0 Å². The number of aliphatic carboxylic acids is 1. The van der Waals surface area contributed by atoms with Crippen LogP contribution in [-0.4, -0.2) is 32.3 Å². The summed E-state index contributed by atoms with van der Waals surface area (Å²) in [6.45, 7) is -0.768. The van der Waals surface area contributed by atoms with Gasteiger partial charge in [0.15, 0.2) is 11.3 Å². The summed E-state index contributed by atoms with van der Waals surface area (Å²) in [5.41, 5.74) is -2.15. The number of carbonyl (C=O) groups excluding carboxylic acids is 2. The number of hydrogen-bond acceptors (Lipinski definition) is 5. The van der Waals surface area contributed by atoms with Crippen molar-refractivity contribution < 1.29 is 37.4 Å². The maximum absolute atomic E-state index is 13.7. The van der Waals surface area contributed by atoms with E-state index in [2.05, 4.69) is 10.3 Å². The van der Waals surface area contributed by atoms with Gasteiger partial charge in [0.1, 0.15) is 6.61 Å². The van der Waals surface area contributed by atoms with E-state index in [9.17, 15) is 27.6 Å².